The third-order valence-electron chi connectivity index (χ3n) is 3.09. The topological polar surface area (TPSA) is 26.0 Å². The average molecular weight is 125 g/mol. The first-order valence-electron chi connectivity index (χ1n) is 4.12. The molecule has 0 aromatic carbocycles. The van der Waals surface area contributed by atoms with E-state index in [9.17, 15) is 0 Å². The molecule has 3 unspecified atom stereocenters. The van der Waals surface area contributed by atoms with Crippen molar-refractivity contribution in [1.82, 2.24) is 0 Å². The molecule has 52 valence electrons. The second kappa shape index (κ2) is 1.98. The Morgan fingerprint density at radius 2 is 1.56 bits per heavy atom. The molecule has 2 aliphatic rings. The van der Waals surface area contributed by atoms with Gasteiger partial charge in [-0.25, -0.2) is 0 Å². The first-order chi connectivity index (χ1) is 4.36. The van der Waals surface area contributed by atoms with Crippen LogP contribution in [-0.4, -0.2) is 6.04 Å². The summed E-state index contributed by atoms with van der Waals surface area (Å²) in [5.41, 5.74) is 5.82. The molecule has 0 bridgehead atoms. The van der Waals surface area contributed by atoms with Gasteiger partial charge in [0.15, 0.2) is 0 Å². The fourth-order valence-corrected chi connectivity index (χ4v) is 2.26. The van der Waals surface area contributed by atoms with Crippen LogP contribution in [0.3, 0.4) is 0 Å². The number of hydrogen-bond donors (Lipinski definition) is 1. The third kappa shape index (κ3) is 0.877. The highest BCUT2D eigenvalue weighted by Gasteiger charge is 2.35. The Labute approximate surface area is 56.6 Å². The summed E-state index contributed by atoms with van der Waals surface area (Å²) in [5.74, 6) is 2.12. The molecule has 0 aromatic rings. The van der Waals surface area contributed by atoms with E-state index >= 15 is 0 Å². The Balaban J connectivity index is 1.92. The molecule has 0 radical (unpaired) electrons. The molecule has 0 amide bonds. The maximum absolute atomic E-state index is 5.82. The second-order valence-electron chi connectivity index (χ2n) is 3.67. The van der Waals surface area contributed by atoms with Gasteiger partial charge in [0.2, 0.25) is 0 Å². The molecule has 2 N–H and O–H groups in total. The molecule has 0 heterocycles. The van der Waals surface area contributed by atoms with E-state index in [0.29, 0.717) is 6.04 Å². The van der Waals surface area contributed by atoms with Crippen LogP contribution in [0.4, 0.5) is 0 Å². The highest BCUT2D eigenvalue weighted by atomic mass is 14.7. The van der Waals surface area contributed by atoms with Crippen LogP contribution >= 0.6 is 0 Å². The lowest BCUT2D eigenvalue weighted by atomic mass is 9.64. The van der Waals surface area contributed by atoms with Gasteiger partial charge in [-0.05, 0) is 43.9 Å². The van der Waals surface area contributed by atoms with E-state index in [2.05, 4.69) is 0 Å². The molecular formula is C8H15N. The average Bonchev–Trinajstić information content (AvgIpc) is 1.78. The van der Waals surface area contributed by atoms with E-state index in [1.54, 1.807) is 0 Å². The molecule has 2 fully saturated rings. The summed E-state index contributed by atoms with van der Waals surface area (Å²) in [6, 6.07) is 0.548. The monoisotopic (exact) mass is 125 g/mol. The van der Waals surface area contributed by atoms with Gasteiger partial charge in [-0.1, -0.05) is 0 Å². The van der Waals surface area contributed by atoms with Crippen LogP contribution in [-0.2, 0) is 0 Å². The maximum atomic E-state index is 5.82. The molecule has 3 atom stereocenters. The number of fused-ring (bicyclic) bond motifs is 1. The van der Waals surface area contributed by atoms with Crippen molar-refractivity contribution in [3.8, 4) is 0 Å². The lowest BCUT2D eigenvalue weighted by molar-refractivity contribution is 0.103. The molecule has 0 spiro atoms. The van der Waals surface area contributed by atoms with Gasteiger partial charge >= 0.3 is 0 Å². The molecule has 1 nitrogen and oxygen atoms in total. The van der Waals surface area contributed by atoms with Crippen molar-refractivity contribution in [3.63, 3.8) is 0 Å². The Bertz CT molecular complexity index is 111. The summed E-state index contributed by atoms with van der Waals surface area (Å²) in [7, 11) is 0. The van der Waals surface area contributed by atoms with Gasteiger partial charge in [-0.15, -0.1) is 0 Å². The number of nitrogens with two attached hydrogens (primary N) is 1. The van der Waals surface area contributed by atoms with Gasteiger partial charge in [-0.3, -0.25) is 0 Å². The summed E-state index contributed by atoms with van der Waals surface area (Å²) < 4.78 is 0. The second-order valence-corrected chi connectivity index (χ2v) is 3.67. The molecule has 2 aliphatic carbocycles. The number of hydrogen-bond acceptors (Lipinski definition) is 1. The van der Waals surface area contributed by atoms with Crippen LogP contribution in [0.25, 0.3) is 0 Å². The fraction of sp³-hybridized carbons (Fsp3) is 1.00. The van der Waals surface area contributed by atoms with Gasteiger partial charge in [0, 0.05) is 6.04 Å². The normalized spacial score (nSPS) is 49.7. The van der Waals surface area contributed by atoms with Crippen molar-refractivity contribution < 1.29 is 0 Å². The van der Waals surface area contributed by atoms with Crippen molar-refractivity contribution >= 4 is 0 Å². The van der Waals surface area contributed by atoms with E-state index in [1.807, 2.05) is 0 Å². The maximum Gasteiger partial charge on any atom is 0.00416 e. The van der Waals surface area contributed by atoms with Crippen LogP contribution in [0.1, 0.15) is 32.1 Å². The first kappa shape index (κ1) is 5.72. The van der Waals surface area contributed by atoms with Gasteiger partial charge < -0.3 is 5.73 Å². The minimum atomic E-state index is 0.548. The fourth-order valence-electron chi connectivity index (χ4n) is 2.26. The van der Waals surface area contributed by atoms with E-state index in [-0.39, 0.29) is 0 Å². The summed E-state index contributed by atoms with van der Waals surface area (Å²) >= 11 is 0. The summed E-state index contributed by atoms with van der Waals surface area (Å²) in [6.45, 7) is 0. The van der Waals surface area contributed by atoms with Gasteiger partial charge in [0.25, 0.3) is 0 Å². The molecule has 0 aromatic heterocycles. The number of rotatable bonds is 0. The van der Waals surface area contributed by atoms with E-state index < -0.39 is 0 Å². The lowest BCUT2D eigenvalue weighted by Gasteiger charge is -2.42. The standard InChI is InChI=1S/C8H15N/c9-8-4-3-6-1-2-7(6)5-8/h6-8H,1-5,9H2. The Hall–Kier alpha value is -0.0400. The van der Waals surface area contributed by atoms with Crippen LogP contribution in [0.5, 0.6) is 0 Å². The summed E-state index contributed by atoms with van der Waals surface area (Å²) in [4.78, 5) is 0. The highest BCUT2D eigenvalue weighted by molar-refractivity contribution is 4.88. The van der Waals surface area contributed by atoms with Gasteiger partial charge in [0.1, 0.15) is 0 Å². The Morgan fingerprint density at radius 3 is 2.00 bits per heavy atom. The van der Waals surface area contributed by atoms with E-state index in [0.717, 1.165) is 11.8 Å². The van der Waals surface area contributed by atoms with E-state index in [1.165, 1.54) is 32.1 Å². The first-order valence-corrected chi connectivity index (χ1v) is 4.12. The molecule has 1 heteroatoms. The van der Waals surface area contributed by atoms with Crippen LogP contribution in [0, 0.1) is 11.8 Å². The minimum Gasteiger partial charge on any atom is -0.328 e. The van der Waals surface area contributed by atoms with Crippen molar-refractivity contribution in [3.05, 3.63) is 0 Å². The predicted octanol–water partition coefficient (Wildman–Crippen LogP) is 1.52. The highest BCUT2D eigenvalue weighted by Crippen LogP contribution is 2.44. The largest absolute Gasteiger partial charge is 0.328 e. The zero-order valence-electron chi connectivity index (χ0n) is 5.84. The van der Waals surface area contributed by atoms with Crippen molar-refractivity contribution in [2.45, 2.75) is 38.1 Å². The predicted molar refractivity (Wildman–Crippen MR) is 38.0 cm³/mol. The summed E-state index contributed by atoms with van der Waals surface area (Å²) in [5, 5.41) is 0. The molecule has 2 rings (SSSR count). The van der Waals surface area contributed by atoms with Crippen LogP contribution in [0.2, 0.25) is 0 Å². The molecule has 0 aliphatic heterocycles. The Kier molecular flexibility index (Phi) is 1.26. The van der Waals surface area contributed by atoms with Crippen molar-refractivity contribution in [2.75, 3.05) is 0 Å². The zero-order valence-corrected chi connectivity index (χ0v) is 5.84. The minimum absolute atomic E-state index is 0.548. The molecule has 9 heavy (non-hydrogen) atoms. The Morgan fingerprint density at radius 1 is 0.889 bits per heavy atom. The smallest absolute Gasteiger partial charge is 0.00416 e. The SMILES string of the molecule is NC1CCC2CCC2C1. The summed E-state index contributed by atoms with van der Waals surface area (Å²) in [6.07, 6.45) is 7.01. The molecule has 2 saturated carbocycles. The quantitative estimate of drug-likeness (QED) is 0.522. The van der Waals surface area contributed by atoms with Gasteiger partial charge in [0.05, 0.1) is 0 Å². The van der Waals surface area contributed by atoms with Gasteiger partial charge in [-0.2, -0.15) is 0 Å². The molecule has 0 saturated heterocycles. The van der Waals surface area contributed by atoms with E-state index in [4.69, 9.17) is 5.73 Å². The van der Waals surface area contributed by atoms with Crippen LogP contribution in [0.15, 0.2) is 0 Å². The van der Waals surface area contributed by atoms with Crippen LogP contribution < -0.4 is 5.73 Å². The third-order valence-corrected chi connectivity index (χ3v) is 3.09. The van der Waals surface area contributed by atoms with Crippen molar-refractivity contribution in [2.24, 2.45) is 17.6 Å². The lowest BCUT2D eigenvalue weighted by Crippen LogP contribution is -2.38. The van der Waals surface area contributed by atoms with Crippen molar-refractivity contribution in [1.29, 1.82) is 0 Å². The zero-order chi connectivity index (χ0) is 6.27. The molecular weight excluding hydrogens is 110 g/mol.